The van der Waals surface area contributed by atoms with E-state index in [-0.39, 0.29) is 10.8 Å². The van der Waals surface area contributed by atoms with Gasteiger partial charge in [0.05, 0.1) is 17.2 Å². The summed E-state index contributed by atoms with van der Waals surface area (Å²) in [5.74, 6) is 1.14. The van der Waals surface area contributed by atoms with Gasteiger partial charge in [0.2, 0.25) is 0 Å². The van der Waals surface area contributed by atoms with Crippen molar-refractivity contribution in [1.29, 1.82) is 0 Å². The number of ether oxygens (including phenoxy) is 1. The molecule has 1 aromatic rings. The van der Waals surface area contributed by atoms with E-state index >= 15 is 0 Å². The molecule has 112 valence electrons. The van der Waals surface area contributed by atoms with Gasteiger partial charge in [0.15, 0.2) is 0 Å². The van der Waals surface area contributed by atoms with Crippen molar-refractivity contribution in [2.45, 2.75) is 47.1 Å². The van der Waals surface area contributed by atoms with Crippen LogP contribution in [0.15, 0.2) is 22.7 Å². The zero-order chi connectivity index (χ0) is 15.1. The van der Waals surface area contributed by atoms with Gasteiger partial charge in [0.1, 0.15) is 5.75 Å². The Morgan fingerprint density at radius 2 is 1.85 bits per heavy atom. The van der Waals surface area contributed by atoms with Gasteiger partial charge in [-0.25, -0.2) is 0 Å². The Morgan fingerprint density at radius 3 is 2.30 bits per heavy atom. The zero-order valence-corrected chi connectivity index (χ0v) is 14.6. The highest BCUT2D eigenvalue weighted by Gasteiger charge is 2.67. The number of aliphatic hydroxyl groups excluding tert-OH is 1. The largest absolute Gasteiger partial charge is 0.492 e. The molecule has 0 amide bonds. The first-order valence-electron chi connectivity index (χ1n) is 7.33. The lowest BCUT2D eigenvalue weighted by Crippen LogP contribution is -2.06. The number of hydrogen-bond acceptors (Lipinski definition) is 2. The van der Waals surface area contributed by atoms with Crippen molar-refractivity contribution in [2.24, 2.45) is 16.7 Å². The molecule has 1 N–H and O–H groups in total. The summed E-state index contributed by atoms with van der Waals surface area (Å²) in [6, 6.07) is 5.91. The third-order valence-corrected chi connectivity index (χ3v) is 5.83. The van der Waals surface area contributed by atoms with Crippen LogP contribution in [0.3, 0.4) is 0 Å². The van der Waals surface area contributed by atoms with Crippen LogP contribution in [0.5, 0.6) is 5.75 Å². The normalized spacial score (nSPS) is 21.6. The Kier molecular flexibility index (Phi) is 4.23. The molecule has 1 atom stereocenters. The van der Waals surface area contributed by atoms with Gasteiger partial charge in [0, 0.05) is 5.92 Å². The minimum atomic E-state index is -0.420. The van der Waals surface area contributed by atoms with E-state index in [1.54, 1.807) is 0 Å². The monoisotopic (exact) mass is 340 g/mol. The summed E-state index contributed by atoms with van der Waals surface area (Å²) in [5.41, 5.74) is 1.32. The predicted octanol–water partition coefficient (Wildman–Crippen LogP) is 4.95. The Morgan fingerprint density at radius 1 is 1.25 bits per heavy atom. The van der Waals surface area contributed by atoms with Gasteiger partial charge in [-0.3, -0.25) is 0 Å². The molecule has 0 radical (unpaired) electrons. The highest BCUT2D eigenvalue weighted by Crippen LogP contribution is 2.72. The molecule has 1 unspecified atom stereocenters. The number of aliphatic hydroxyl groups is 1. The molecule has 0 aliphatic heterocycles. The SMILES string of the molecule is CCCOc1ccc(C(O)C2C(C)(C)C2(C)C)cc1Br. The van der Waals surface area contributed by atoms with Gasteiger partial charge in [-0.1, -0.05) is 40.7 Å². The van der Waals surface area contributed by atoms with Crippen molar-refractivity contribution in [3.8, 4) is 5.75 Å². The predicted molar refractivity (Wildman–Crippen MR) is 85.9 cm³/mol. The van der Waals surface area contributed by atoms with E-state index in [9.17, 15) is 5.11 Å². The molecule has 0 heterocycles. The van der Waals surface area contributed by atoms with Crippen LogP contribution in [0.1, 0.15) is 52.7 Å². The Balaban J connectivity index is 2.17. The lowest BCUT2D eigenvalue weighted by molar-refractivity contribution is 0.130. The van der Waals surface area contributed by atoms with Crippen molar-refractivity contribution < 1.29 is 9.84 Å². The van der Waals surface area contributed by atoms with Crippen molar-refractivity contribution in [2.75, 3.05) is 6.61 Å². The first-order chi connectivity index (χ1) is 9.23. The standard InChI is InChI=1S/C17H25BrO2/c1-6-9-20-13-8-7-11(10-12(13)18)14(19)15-16(2,3)17(15,4)5/h7-8,10,14-15,19H,6,9H2,1-5H3. The summed E-state index contributed by atoms with van der Waals surface area (Å²) in [5, 5.41) is 10.7. The van der Waals surface area contributed by atoms with Crippen molar-refractivity contribution >= 4 is 15.9 Å². The van der Waals surface area contributed by atoms with Crippen molar-refractivity contribution in [1.82, 2.24) is 0 Å². The molecule has 1 aromatic carbocycles. The Labute approximate surface area is 130 Å². The van der Waals surface area contributed by atoms with Crippen LogP contribution >= 0.6 is 15.9 Å². The quantitative estimate of drug-likeness (QED) is 0.821. The second-order valence-corrected chi connectivity index (χ2v) is 7.76. The molecular weight excluding hydrogens is 316 g/mol. The Hall–Kier alpha value is -0.540. The molecule has 1 aliphatic carbocycles. The minimum Gasteiger partial charge on any atom is -0.492 e. The lowest BCUT2D eigenvalue weighted by Gasteiger charge is -2.15. The van der Waals surface area contributed by atoms with Crippen LogP contribution in [-0.2, 0) is 0 Å². The maximum absolute atomic E-state index is 10.7. The average molecular weight is 341 g/mol. The third-order valence-electron chi connectivity index (χ3n) is 5.21. The maximum Gasteiger partial charge on any atom is 0.133 e. The van der Waals surface area contributed by atoms with E-state index in [0.717, 1.165) is 22.2 Å². The summed E-state index contributed by atoms with van der Waals surface area (Å²) in [6.45, 7) is 11.7. The van der Waals surface area contributed by atoms with E-state index in [1.807, 2.05) is 18.2 Å². The van der Waals surface area contributed by atoms with Gasteiger partial charge >= 0.3 is 0 Å². The summed E-state index contributed by atoms with van der Waals surface area (Å²) >= 11 is 3.54. The van der Waals surface area contributed by atoms with Gasteiger partial charge in [-0.15, -0.1) is 0 Å². The first-order valence-corrected chi connectivity index (χ1v) is 8.13. The maximum atomic E-state index is 10.7. The van der Waals surface area contributed by atoms with E-state index in [0.29, 0.717) is 12.5 Å². The molecule has 20 heavy (non-hydrogen) atoms. The van der Waals surface area contributed by atoms with Gasteiger partial charge in [-0.05, 0) is 50.9 Å². The molecule has 0 saturated heterocycles. The lowest BCUT2D eigenvalue weighted by atomic mass is 9.99. The molecule has 1 saturated carbocycles. The smallest absolute Gasteiger partial charge is 0.133 e. The van der Waals surface area contributed by atoms with Crippen LogP contribution in [0.2, 0.25) is 0 Å². The summed E-state index contributed by atoms with van der Waals surface area (Å²) in [4.78, 5) is 0. The van der Waals surface area contributed by atoms with Crippen molar-refractivity contribution in [3.05, 3.63) is 28.2 Å². The van der Waals surface area contributed by atoms with Crippen molar-refractivity contribution in [3.63, 3.8) is 0 Å². The molecule has 1 aliphatic rings. The van der Waals surface area contributed by atoms with Crippen LogP contribution in [-0.4, -0.2) is 11.7 Å². The number of halogens is 1. The van der Waals surface area contributed by atoms with Gasteiger partial charge in [0.25, 0.3) is 0 Å². The number of rotatable bonds is 5. The number of benzene rings is 1. The highest BCUT2D eigenvalue weighted by molar-refractivity contribution is 9.10. The number of hydrogen-bond donors (Lipinski definition) is 1. The van der Waals surface area contributed by atoms with Crippen LogP contribution in [0.4, 0.5) is 0 Å². The zero-order valence-electron chi connectivity index (χ0n) is 13.0. The molecule has 0 bridgehead atoms. The molecular formula is C17H25BrO2. The molecule has 1 fully saturated rings. The molecule has 0 aromatic heterocycles. The van der Waals surface area contributed by atoms with E-state index in [4.69, 9.17) is 4.74 Å². The van der Waals surface area contributed by atoms with Gasteiger partial charge < -0.3 is 9.84 Å². The van der Waals surface area contributed by atoms with Crippen LogP contribution in [0.25, 0.3) is 0 Å². The molecule has 0 spiro atoms. The van der Waals surface area contributed by atoms with E-state index in [2.05, 4.69) is 50.5 Å². The summed E-state index contributed by atoms with van der Waals surface area (Å²) in [6.07, 6.45) is 0.567. The van der Waals surface area contributed by atoms with Gasteiger partial charge in [-0.2, -0.15) is 0 Å². The second kappa shape index (κ2) is 5.34. The molecule has 3 heteroatoms. The average Bonchev–Trinajstić information content (AvgIpc) is 2.77. The van der Waals surface area contributed by atoms with Crippen LogP contribution < -0.4 is 4.74 Å². The van der Waals surface area contributed by atoms with E-state index in [1.165, 1.54) is 0 Å². The second-order valence-electron chi connectivity index (χ2n) is 6.90. The minimum absolute atomic E-state index is 0.177. The van der Waals surface area contributed by atoms with E-state index < -0.39 is 6.10 Å². The summed E-state index contributed by atoms with van der Waals surface area (Å²) < 4.78 is 6.57. The fourth-order valence-corrected chi connectivity index (χ4v) is 3.77. The Bertz CT molecular complexity index is 480. The summed E-state index contributed by atoms with van der Waals surface area (Å²) in [7, 11) is 0. The first kappa shape index (κ1) is 15.8. The molecule has 2 nitrogen and oxygen atoms in total. The topological polar surface area (TPSA) is 29.5 Å². The fourth-order valence-electron chi connectivity index (χ4n) is 3.26. The third kappa shape index (κ3) is 2.50. The van der Waals surface area contributed by atoms with Crippen LogP contribution in [0, 0.1) is 16.7 Å². The fraction of sp³-hybridized carbons (Fsp3) is 0.647. The molecule has 2 rings (SSSR count). The highest BCUT2D eigenvalue weighted by atomic mass is 79.9.